The van der Waals surface area contributed by atoms with Crippen LogP contribution in [-0.2, 0) is 23.7 Å². The van der Waals surface area contributed by atoms with Crippen LogP contribution in [0.4, 0.5) is 0 Å². The quantitative estimate of drug-likeness (QED) is 0.141. The summed E-state index contributed by atoms with van der Waals surface area (Å²) in [5.74, 6) is -0.127. The third-order valence-electron chi connectivity index (χ3n) is 4.86. The molecule has 0 spiro atoms. The molecule has 0 aromatic carbocycles. The van der Waals surface area contributed by atoms with Gasteiger partial charge in [0, 0.05) is 13.0 Å². The molecule has 0 atom stereocenters. The van der Waals surface area contributed by atoms with Crippen LogP contribution in [0.25, 0.3) is 0 Å². The van der Waals surface area contributed by atoms with Crippen molar-refractivity contribution in [2.45, 2.75) is 104 Å². The molecule has 0 unspecified atom stereocenters. The molecule has 0 aromatic rings. The average Bonchev–Trinajstić information content (AvgIpc) is 2.72. The summed E-state index contributed by atoms with van der Waals surface area (Å²) in [5.41, 5.74) is 0. The fourth-order valence-electron chi connectivity index (χ4n) is 3.04. The second-order valence-corrected chi connectivity index (χ2v) is 7.70. The van der Waals surface area contributed by atoms with Gasteiger partial charge in [0.15, 0.2) is 0 Å². The van der Waals surface area contributed by atoms with Crippen LogP contribution >= 0.6 is 0 Å². The predicted octanol–water partition coefficient (Wildman–Crippen LogP) is 6.08. The zero-order valence-corrected chi connectivity index (χ0v) is 19.4. The standard InChI is InChI=1S/C24H48O5/c1-3-5-7-8-9-10-11-12-13-15-17-26-18-19-27-20-21-28-22-23-29-24(25)16-14-6-4-2/h3-23H2,1-2H3. The number of esters is 1. The van der Waals surface area contributed by atoms with Crippen molar-refractivity contribution in [1.29, 1.82) is 0 Å². The van der Waals surface area contributed by atoms with Gasteiger partial charge >= 0.3 is 5.97 Å². The molecule has 0 aliphatic rings. The van der Waals surface area contributed by atoms with E-state index in [0.29, 0.717) is 46.1 Å². The van der Waals surface area contributed by atoms with Crippen LogP contribution < -0.4 is 0 Å². The van der Waals surface area contributed by atoms with Crippen LogP contribution in [0.5, 0.6) is 0 Å². The molecule has 174 valence electrons. The molecule has 0 aliphatic carbocycles. The first-order valence-electron chi connectivity index (χ1n) is 12.2. The van der Waals surface area contributed by atoms with Crippen molar-refractivity contribution in [3.8, 4) is 0 Å². The minimum atomic E-state index is -0.127. The van der Waals surface area contributed by atoms with Crippen molar-refractivity contribution in [1.82, 2.24) is 0 Å². The first-order valence-corrected chi connectivity index (χ1v) is 12.2. The van der Waals surface area contributed by atoms with Gasteiger partial charge in [-0.15, -0.1) is 0 Å². The molecule has 0 aromatic heterocycles. The maximum atomic E-state index is 11.4. The maximum Gasteiger partial charge on any atom is 0.305 e. The highest BCUT2D eigenvalue weighted by molar-refractivity contribution is 5.69. The largest absolute Gasteiger partial charge is 0.463 e. The van der Waals surface area contributed by atoms with Gasteiger partial charge in [0.05, 0.1) is 33.0 Å². The Kier molecular flexibility index (Phi) is 24.8. The monoisotopic (exact) mass is 416 g/mol. The average molecular weight is 417 g/mol. The van der Waals surface area contributed by atoms with Gasteiger partial charge in [-0.2, -0.15) is 0 Å². The molecule has 0 N–H and O–H groups in total. The molecule has 5 heteroatoms. The van der Waals surface area contributed by atoms with E-state index < -0.39 is 0 Å². The Hall–Kier alpha value is -0.650. The lowest BCUT2D eigenvalue weighted by atomic mass is 10.1. The predicted molar refractivity (Wildman–Crippen MR) is 119 cm³/mol. The van der Waals surface area contributed by atoms with Crippen molar-refractivity contribution >= 4 is 5.97 Å². The zero-order chi connectivity index (χ0) is 21.3. The Labute approximate surface area is 180 Å². The first-order chi connectivity index (χ1) is 14.3. The molecule has 0 radical (unpaired) electrons. The molecule has 29 heavy (non-hydrogen) atoms. The number of hydrogen-bond acceptors (Lipinski definition) is 5. The van der Waals surface area contributed by atoms with Crippen LogP contribution in [0.3, 0.4) is 0 Å². The summed E-state index contributed by atoms with van der Waals surface area (Å²) in [6, 6.07) is 0. The normalized spacial score (nSPS) is 11.1. The van der Waals surface area contributed by atoms with Crippen LogP contribution in [0.2, 0.25) is 0 Å². The van der Waals surface area contributed by atoms with Gasteiger partial charge in [-0.3, -0.25) is 4.79 Å². The first kappa shape index (κ1) is 28.4. The van der Waals surface area contributed by atoms with Crippen molar-refractivity contribution in [2.75, 3.05) is 46.2 Å². The van der Waals surface area contributed by atoms with Crippen LogP contribution in [0.15, 0.2) is 0 Å². The molecular weight excluding hydrogens is 368 g/mol. The number of unbranched alkanes of at least 4 members (excludes halogenated alkanes) is 11. The summed E-state index contributed by atoms with van der Waals surface area (Å²) in [7, 11) is 0. The van der Waals surface area contributed by atoms with Gasteiger partial charge in [-0.25, -0.2) is 0 Å². The Bertz CT molecular complexity index is 322. The molecule has 5 nitrogen and oxygen atoms in total. The maximum absolute atomic E-state index is 11.4. The van der Waals surface area contributed by atoms with Crippen molar-refractivity contribution < 1.29 is 23.7 Å². The van der Waals surface area contributed by atoms with Crippen molar-refractivity contribution in [2.24, 2.45) is 0 Å². The minimum Gasteiger partial charge on any atom is -0.463 e. The summed E-state index contributed by atoms with van der Waals surface area (Å²) < 4.78 is 21.5. The van der Waals surface area contributed by atoms with E-state index in [-0.39, 0.29) is 5.97 Å². The topological polar surface area (TPSA) is 54.0 Å². The summed E-state index contributed by atoms with van der Waals surface area (Å²) in [4.78, 5) is 11.4. The van der Waals surface area contributed by atoms with Crippen LogP contribution in [0.1, 0.15) is 104 Å². The third-order valence-corrected chi connectivity index (χ3v) is 4.86. The van der Waals surface area contributed by atoms with Crippen LogP contribution in [0, 0.1) is 0 Å². The molecule has 0 bridgehead atoms. The number of carbonyl (C=O) groups excluding carboxylic acids is 1. The van der Waals surface area contributed by atoms with Gasteiger partial charge < -0.3 is 18.9 Å². The molecule has 0 saturated heterocycles. The van der Waals surface area contributed by atoms with Gasteiger partial charge in [-0.05, 0) is 12.8 Å². The van der Waals surface area contributed by atoms with Gasteiger partial charge in [0.25, 0.3) is 0 Å². The molecule has 0 fully saturated rings. The van der Waals surface area contributed by atoms with E-state index in [9.17, 15) is 4.79 Å². The number of hydrogen-bond donors (Lipinski definition) is 0. The number of carbonyl (C=O) groups is 1. The Morgan fingerprint density at radius 3 is 1.45 bits per heavy atom. The summed E-state index contributed by atoms with van der Waals surface area (Å²) in [5, 5.41) is 0. The third kappa shape index (κ3) is 25.3. The summed E-state index contributed by atoms with van der Waals surface area (Å²) >= 11 is 0. The van der Waals surface area contributed by atoms with E-state index in [1.807, 2.05) is 0 Å². The lowest BCUT2D eigenvalue weighted by Crippen LogP contribution is -2.14. The Morgan fingerprint density at radius 1 is 0.483 bits per heavy atom. The van der Waals surface area contributed by atoms with Gasteiger partial charge in [0.1, 0.15) is 6.61 Å². The number of ether oxygens (including phenoxy) is 4. The Balaban J connectivity index is 3.06. The SMILES string of the molecule is CCCCCCCCCCCCOCCOCCOCCOC(=O)CCCCC. The highest BCUT2D eigenvalue weighted by atomic mass is 16.6. The van der Waals surface area contributed by atoms with E-state index in [2.05, 4.69) is 13.8 Å². The highest BCUT2D eigenvalue weighted by Gasteiger charge is 2.01. The molecule has 0 amide bonds. The summed E-state index contributed by atoms with van der Waals surface area (Å²) in [6.07, 6.45) is 17.1. The summed E-state index contributed by atoms with van der Waals surface area (Å²) in [6.45, 7) is 8.29. The van der Waals surface area contributed by atoms with E-state index in [1.54, 1.807) is 0 Å². The Morgan fingerprint density at radius 2 is 0.897 bits per heavy atom. The molecule has 0 rings (SSSR count). The fourth-order valence-corrected chi connectivity index (χ4v) is 3.04. The van der Waals surface area contributed by atoms with E-state index in [1.165, 1.54) is 57.8 Å². The zero-order valence-electron chi connectivity index (χ0n) is 19.4. The smallest absolute Gasteiger partial charge is 0.305 e. The van der Waals surface area contributed by atoms with E-state index in [0.717, 1.165) is 32.3 Å². The lowest BCUT2D eigenvalue weighted by molar-refractivity contribution is -0.145. The van der Waals surface area contributed by atoms with E-state index in [4.69, 9.17) is 18.9 Å². The second-order valence-electron chi connectivity index (χ2n) is 7.70. The molecule has 0 saturated carbocycles. The van der Waals surface area contributed by atoms with Gasteiger partial charge in [0.2, 0.25) is 0 Å². The molecular formula is C24H48O5. The molecule has 0 heterocycles. The number of rotatable bonds is 24. The lowest BCUT2D eigenvalue weighted by Gasteiger charge is -2.08. The fraction of sp³-hybridized carbons (Fsp3) is 0.958. The van der Waals surface area contributed by atoms with Crippen molar-refractivity contribution in [3.63, 3.8) is 0 Å². The van der Waals surface area contributed by atoms with Gasteiger partial charge in [-0.1, -0.05) is 84.5 Å². The minimum absolute atomic E-state index is 0.127. The van der Waals surface area contributed by atoms with Crippen LogP contribution in [-0.4, -0.2) is 52.2 Å². The second kappa shape index (κ2) is 25.4. The van der Waals surface area contributed by atoms with E-state index >= 15 is 0 Å². The highest BCUT2D eigenvalue weighted by Crippen LogP contribution is 2.10. The molecule has 0 aliphatic heterocycles. The van der Waals surface area contributed by atoms with Crippen molar-refractivity contribution in [3.05, 3.63) is 0 Å².